The first-order valence-electron chi connectivity index (χ1n) is 4.65. The van der Waals surface area contributed by atoms with Gasteiger partial charge in [0.1, 0.15) is 0 Å². The van der Waals surface area contributed by atoms with E-state index in [0.29, 0.717) is 11.1 Å². The van der Waals surface area contributed by atoms with Crippen molar-refractivity contribution in [3.05, 3.63) is 27.5 Å². The summed E-state index contributed by atoms with van der Waals surface area (Å²) in [5.41, 5.74) is 0.470. The van der Waals surface area contributed by atoms with Gasteiger partial charge in [-0.05, 0) is 6.92 Å². The number of fused-ring (bicyclic) bond motifs is 1. The predicted molar refractivity (Wildman–Crippen MR) is 53.9 cm³/mol. The molecule has 0 saturated heterocycles. The summed E-state index contributed by atoms with van der Waals surface area (Å²) in [4.78, 5) is 24.6. The number of amides is 1. The van der Waals surface area contributed by atoms with Crippen molar-refractivity contribution in [3.8, 4) is 5.88 Å². The molecule has 1 N–H and O–H groups in total. The maximum absolute atomic E-state index is 11.7. The molecule has 1 aliphatic heterocycles. The molecule has 0 spiro atoms. The highest BCUT2D eigenvalue weighted by atomic mass is 16.3. The molecule has 1 atom stereocenters. The number of carbonyl (C=O) groups is 1. The van der Waals surface area contributed by atoms with E-state index < -0.39 is 0 Å². The highest BCUT2D eigenvalue weighted by Crippen LogP contribution is 2.36. The zero-order valence-corrected chi connectivity index (χ0v) is 8.81. The van der Waals surface area contributed by atoms with E-state index >= 15 is 0 Å². The average Bonchev–Trinajstić information content (AvgIpc) is 2.40. The van der Waals surface area contributed by atoms with E-state index in [1.165, 1.54) is 18.0 Å². The summed E-state index contributed by atoms with van der Waals surface area (Å²) in [5.74, 6) is -0.340. The molecule has 2 heterocycles. The van der Waals surface area contributed by atoms with Crippen molar-refractivity contribution in [2.24, 2.45) is 7.05 Å². The fraction of sp³-hybridized carbons (Fsp3) is 0.400. The van der Waals surface area contributed by atoms with Crippen LogP contribution in [0.5, 0.6) is 5.88 Å². The number of hydrogen-bond donors (Lipinski definition) is 1. The van der Waals surface area contributed by atoms with Gasteiger partial charge >= 0.3 is 0 Å². The Morgan fingerprint density at radius 2 is 1.93 bits per heavy atom. The molecular formula is C10H12N2O3. The highest BCUT2D eigenvalue weighted by Gasteiger charge is 2.35. The first kappa shape index (κ1) is 9.76. The zero-order valence-electron chi connectivity index (χ0n) is 8.81. The van der Waals surface area contributed by atoms with Crippen molar-refractivity contribution in [2.75, 3.05) is 7.05 Å². The largest absolute Gasteiger partial charge is 0.494 e. The van der Waals surface area contributed by atoms with Crippen LogP contribution in [-0.4, -0.2) is 27.5 Å². The predicted octanol–water partition coefficient (Wildman–Crippen LogP) is 0.238. The summed E-state index contributed by atoms with van der Waals surface area (Å²) in [6, 6.07) is 1.08. The molecular weight excluding hydrogens is 196 g/mol. The fourth-order valence-corrected chi connectivity index (χ4v) is 1.85. The topological polar surface area (TPSA) is 62.5 Å². The van der Waals surface area contributed by atoms with E-state index in [1.54, 1.807) is 7.05 Å². The lowest BCUT2D eigenvalue weighted by molar-refractivity contribution is 0.0784. The Hall–Kier alpha value is -1.78. The van der Waals surface area contributed by atoms with Crippen molar-refractivity contribution in [3.63, 3.8) is 0 Å². The minimum Gasteiger partial charge on any atom is -0.494 e. The van der Waals surface area contributed by atoms with Crippen molar-refractivity contribution < 1.29 is 9.90 Å². The van der Waals surface area contributed by atoms with E-state index in [9.17, 15) is 14.7 Å². The van der Waals surface area contributed by atoms with Gasteiger partial charge < -0.3 is 10.0 Å². The molecule has 0 aromatic carbocycles. The number of hydrogen-bond acceptors (Lipinski definition) is 3. The van der Waals surface area contributed by atoms with Gasteiger partial charge in [0.2, 0.25) is 0 Å². The van der Waals surface area contributed by atoms with Gasteiger partial charge in [0, 0.05) is 25.7 Å². The molecule has 1 aliphatic rings. The van der Waals surface area contributed by atoms with Crippen LogP contribution in [0.2, 0.25) is 0 Å². The van der Waals surface area contributed by atoms with Crippen LogP contribution in [0.3, 0.4) is 0 Å². The first-order valence-corrected chi connectivity index (χ1v) is 4.65. The van der Waals surface area contributed by atoms with Gasteiger partial charge in [0.25, 0.3) is 11.5 Å². The van der Waals surface area contributed by atoms with Gasteiger partial charge in [-0.25, -0.2) is 0 Å². The van der Waals surface area contributed by atoms with Crippen LogP contribution >= 0.6 is 0 Å². The van der Waals surface area contributed by atoms with Crippen LogP contribution < -0.4 is 5.56 Å². The van der Waals surface area contributed by atoms with Crippen LogP contribution in [0, 0.1) is 0 Å². The third-order valence-electron chi connectivity index (χ3n) is 3.00. The minimum atomic E-state index is -0.373. The second-order valence-electron chi connectivity index (χ2n) is 3.78. The molecule has 0 unspecified atom stereocenters. The van der Waals surface area contributed by atoms with Gasteiger partial charge in [0.05, 0.1) is 11.6 Å². The van der Waals surface area contributed by atoms with E-state index in [1.807, 2.05) is 6.92 Å². The summed E-state index contributed by atoms with van der Waals surface area (Å²) < 4.78 is 1.14. The van der Waals surface area contributed by atoms with Gasteiger partial charge in [-0.2, -0.15) is 0 Å². The lowest BCUT2D eigenvalue weighted by Gasteiger charge is -2.15. The Morgan fingerprint density at radius 1 is 1.33 bits per heavy atom. The normalized spacial score (nSPS) is 19.5. The maximum Gasteiger partial charge on any atom is 0.254 e. The molecule has 1 aromatic heterocycles. The molecule has 1 aromatic rings. The number of rotatable bonds is 0. The van der Waals surface area contributed by atoms with Gasteiger partial charge in [-0.1, -0.05) is 0 Å². The Kier molecular flexibility index (Phi) is 1.86. The quantitative estimate of drug-likeness (QED) is 0.664. The number of pyridine rings is 1. The first-order chi connectivity index (χ1) is 6.95. The molecule has 1 amide bonds. The maximum atomic E-state index is 11.7. The smallest absolute Gasteiger partial charge is 0.254 e. The standard InChI is InChI=1S/C10H12N2O3/c1-5-8-6(9(14)11(5)2)4-7(13)12(3)10(8)15/h4-5,15H,1-3H3/t5-/m1/s1. The van der Waals surface area contributed by atoms with E-state index in [4.69, 9.17) is 0 Å². The Labute approximate surface area is 86.6 Å². The molecule has 80 valence electrons. The van der Waals surface area contributed by atoms with Crippen LogP contribution in [-0.2, 0) is 7.05 Å². The molecule has 15 heavy (non-hydrogen) atoms. The van der Waals surface area contributed by atoms with Crippen molar-refractivity contribution in [1.82, 2.24) is 9.47 Å². The Morgan fingerprint density at radius 3 is 2.53 bits per heavy atom. The number of aromatic nitrogens is 1. The van der Waals surface area contributed by atoms with E-state index in [0.717, 1.165) is 4.57 Å². The van der Waals surface area contributed by atoms with Gasteiger partial charge in [-0.15, -0.1) is 0 Å². The lowest BCUT2D eigenvalue weighted by Crippen LogP contribution is -2.21. The van der Waals surface area contributed by atoms with Crippen LogP contribution in [0.15, 0.2) is 10.9 Å². The summed E-state index contributed by atoms with van der Waals surface area (Å²) in [7, 11) is 3.13. The monoisotopic (exact) mass is 208 g/mol. The number of aromatic hydroxyl groups is 1. The van der Waals surface area contributed by atoms with E-state index in [-0.39, 0.29) is 23.4 Å². The summed E-state index contributed by atoms with van der Waals surface area (Å²) in [6.07, 6.45) is 0. The second kappa shape index (κ2) is 2.85. The molecule has 5 heteroatoms. The third-order valence-corrected chi connectivity index (χ3v) is 3.00. The van der Waals surface area contributed by atoms with E-state index in [2.05, 4.69) is 0 Å². The van der Waals surface area contributed by atoms with Gasteiger partial charge in [-0.3, -0.25) is 14.2 Å². The highest BCUT2D eigenvalue weighted by molar-refractivity contribution is 5.99. The average molecular weight is 208 g/mol. The molecule has 5 nitrogen and oxygen atoms in total. The molecule has 0 saturated carbocycles. The van der Waals surface area contributed by atoms with Crippen molar-refractivity contribution in [2.45, 2.75) is 13.0 Å². The van der Waals surface area contributed by atoms with Gasteiger partial charge in [0.15, 0.2) is 5.88 Å². The fourth-order valence-electron chi connectivity index (χ4n) is 1.85. The van der Waals surface area contributed by atoms with Crippen molar-refractivity contribution >= 4 is 5.91 Å². The van der Waals surface area contributed by atoms with Crippen molar-refractivity contribution in [1.29, 1.82) is 0 Å². The SMILES string of the molecule is C[C@@H]1c2c(cc(=O)n(C)c2O)C(=O)N1C. The molecule has 0 radical (unpaired) electrons. The zero-order chi connectivity index (χ0) is 11.3. The lowest BCUT2D eigenvalue weighted by atomic mass is 10.1. The molecule has 0 fully saturated rings. The number of carbonyl (C=O) groups excluding carboxylic acids is 1. The third kappa shape index (κ3) is 1.09. The summed E-state index contributed by atoms with van der Waals surface area (Å²) in [5, 5.41) is 9.79. The second-order valence-corrected chi connectivity index (χ2v) is 3.78. The Balaban J connectivity index is 2.81. The number of nitrogens with zero attached hydrogens (tertiary/aromatic N) is 2. The molecule has 0 bridgehead atoms. The van der Waals surface area contributed by atoms with Crippen LogP contribution in [0.1, 0.15) is 28.9 Å². The summed E-state index contributed by atoms with van der Waals surface area (Å²) >= 11 is 0. The molecule has 0 aliphatic carbocycles. The molecule has 2 rings (SSSR count). The Bertz CT molecular complexity index is 504. The van der Waals surface area contributed by atoms with Crippen LogP contribution in [0.4, 0.5) is 0 Å². The minimum absolute atomic E-state index is 0.122. The summed E-state index contributed by atoms with van der Waals surface area (Å²) in [6.45, 7) is 1.81. The van der Waals surface area contributed by atoms with Crippen LogP contribution in [0.25, 0.3) is 0 Å².